The van der Waals surface area contributed by atoms with Gasteiger partial charge in [0.1, 0.15) is 5.76 Å². The minimum Gasteiger partial charge on any atom is -0.392 e. The van der Waals surface area contributed by atoms with Crippen LogP contribution in [0.4, 0.5) is 0 Å². The Balaban J connectivity index is 1.17. The lowest BCUT2D eigenvalue weighted by Crippen LogP contribution is -2.53. The zero-order chi connectivity index (χ0) is 20.9. The van der Waals surface area contributed by atoms with Crippen molar-refractivity contribution in [3.63, 3.8) is 0 Å². The van der Waals surface area contributed by atoms with Crippen LogP contribution in [0.1, 0.15) is 67.1 Å². The van der Waals surface area contributed by atoms with Crippen molar-refractivity contribution in [2.24, 2.45) is 0 Å². The van der Waals surface area contributed by atoms with Gasteiger partial charge in [-0.2, -0.15) is 4.31 Å². The number of amides is 1. The SMILES string of the molecule is O=C(NC1C[C@H]2CC[C@@H](C1)N2S(=O)(=O)CCN1CCC(O)C1)c1cc(C2CC2)on1. The van der Waals surface area contributed by atoms with Crippen LogP contribution in [0.25, 0.3) is 0 Å². The van der Waals surface area contributed by atoms with Crippen molar-refractivity contribution >= 4 is 15.9 Å². The summed E-state index contributed by atoms with van der Waals surface area (Å²) in [6.45, 7) is 1.77. The zero-order valence-electron chi connectivity index (χ0n) is 17.1. The molecule has 3 aliphatic heterocycles. The maximum absolute atomic E-state index is 13.0. The van der Waals surface area contributed by atoms with E-state index in [1.54, 1.807) is 10.4 Å². The Hall–Kier alpha value is -1.49. The van der Waals surface area contributed by atoms with Crippen LogP contribution in [0.15, 0.2) is 10.6 Å². The number of nitrogens with zero attached hydrogens (tertiary/aromatic N) is 3. The van der Waals surface area contributed by atoms with Gasteiger partial charge in [0.15, 0.2) is 5.69 Å². The standard InChI is InChI=1S/C20H30N4O5S/c25-17-5-6-23(12-17)7-8-30(27,28)24-15-3-4-16(24)10-14(9-15)21-20(26)18-11-19(29-22-18)13-1-2-13/h11,13-17,25H,1-10,12H2,(H,21,26)/t14?,15-,16+,17?. The van der Waals surface area contributed by atoms with E-state index in [2.05, 4.69) is 10.5 Å². The predicted octanol–water partition coefficient (Wildman–Crippen LogP) is 0.674. The molecule has 0 aromatic carbocycles. The van der Waals surface area contributed by atoms with Crippen LogP contribution in [0.2, 0.25) is 0 Å². The molecule has 30 heavy (non-hydrogen) atoms. The monoisotopic (exact) mass is 438 g/mol. The van der Waals surface area contributed by atoms with E-state index in [0.717, 1.165) is 38.0 Å². The van der Waals surface area contributed by atoms with Gasteiger partial charge >= 0.3 is 0 Å². The lowest BCUT2D eigenvalue weighted by molar-refractivity contribution is 0.0900. The molecular formula is C20H30N4O5S. The number of hydrogen-bond acceptors (Lipinski definition) is 7. The van der Waals surface area contributed by atoms with E-state index in [1.807, 2.05) is 4.90 Å². The highest BCUT2D eigenvalue weighted by molar-refractivity contribution is 7.89. The third kappa shape index (κ3) is 4.15. The third-order valence-electron chi connectivity index (χ3n) is 6.98. The number of sulfonamides is 1. The summed E-state index contributed by atoms with van der Waals surface area (Å²) in [7, 11) is -3.36. The van der Waals surface area contributed by atoms with Crippen LogP contribution in [-0.4, -0.2) is 83.4 Å². The smallest absolute Gasteiger partial charge is 0.273 e. The van der Waals surface area contributed by atoms with E-state index in [1.165, 1.54) is 0 Å². The van der Waals surface area contributed by atoms with Gasteiger partial charge in [-0.1, -0.05) is 5.16 Å². The van der Waals surface area contributed by atoms with Gasteiger partial charge < -0.3 is 14.9 Å². The van der Waals surface area contributed by atoms with Gasteiger partial charge in [0, 0.05) is 49.7 Å². The van der Waals surface area contributed by atoms with Crippen LogP contribution < -0.4 is 5.32 Å². The van der Waals surface area contributed by atoms with Crippen molar-refractivity contribution in [2.45, 2.75) is 75.1 Å². The number of β-amino-alcohol motifs (C(OH)–C–C–N with tert-alkyl or cyclic N) is 1. The summed E-state index contributed by atoms with van der Waals surface area (Å²) < 4.78 is 33.1. The van der Waals surface area contributed by atoms with E-state index >= 15 is 0 Å². The van der Waals surface area contributed by atoms with Crippen molar-refractivity contribution < 1.29 is 22.8 Å². The lowest BCUT2D eigenvalue weighted by atomic mass is 9.99. The predicted molar refractivity (Wildman–Crippen MR) is 108 cm³/mol. The summed E-state index contributed by atoms with van der Waals surface area (Å²) >= 11 is 0. The van der Waals surface area contributed by atoms with E-state index in [9.17, 15) is 18.3 Å². The molecule has 5 rings (SSSR count). The summed E-state index contributed by atoms with van der Waals surface area (Å²) in [5.41, 5.74) is 0.312. The Labute approximate surface area is 176 Å². The number of likely N-dealkylation sites (tertiary alicyclic amines) is 1. The molecule has 1 saturated carbocycles. The van der Waals surface area contributed by atoms with Crippen LogP contribution in [-0.2, 0) is 10.0 Å². The molecule has 4 atom stereocenters. The summed E-state index contributed by atoms with van der Waals surface area (Å²) in [6.07, 6.45) is 5.50. The quantitative estimate of drug-likeness (QED) is 0.643. The summed E-state index contributed by atoms with van der Waals surface area (Å²) in [6, 6.07) is 1.58. The van der Waals surface area contributed by atoms with Crippen LogP contribution in [0.3, 0.4) is 0 Å². The van der Waals surface area contributed by atoms with Crippen molar-refractivity contribution in [3.05, 3.63) is 17.5 Å². The highest BCUT2D eigenvalue weighted by Crippen LogP contribution is 2.40. The molecule has 2 N–H and O–H groups in total. The first-order chi connectivity index (χ1) is 14.4. The second-order valence-electron chi connectivity index (χ2n) is 9.30. The molecule has 4 fully saturated rings. The molecule has 2 unspecified atom stereocenters. The minimum absolute atomic E-state index is 0.0451. The lowest BCUT2D eigenvalue weighted by Gasteiger charge is -2.38. The number of aliphatic hydroxyl groups excluding tert-OH is 1. The number of nitrogens with one attached hydrogen (secondary N) is 1. The first-order valence-corrected chi connectivity index (χ1v) is 12.7. The molecule has 0 spiro atoms. The number of carbonyl (C=O) groups excluding carboxylic acids is 1. The average Bonchev–Trinajstić information content (AvgIpc) is 3.15. The number of aliphatic hydroxyl groups is 1. The Morgan fingerprint density at radius 1 is 1.20 bits per heavy atom. The summed E-state index contributed by atoms with van der Waals surface area (Å²) in [5.74, 6) is 1.05. The zero-order valence-corrected chi connectivity index (χ0v) is 17.9. The van der Waals surface area contributed by atoms with Gasteiger partial charge in [-0.25, -0.2) is 8.42 Å². The second-order valence-corrected chi connectivity index (χ2v) is 11.3. The molecule has 10 heteroatoms. The number of aromatic nitrogens is 1. The fourth-order valence-corrected chi connectivity index (χ4v) is 7.28. The van der Waals surface area contributed by atoms with Gasteiger partial charge in [-0.05, 0) is 44.9 Å². The molecule has 3 saturated heterocycles. The molecule has 1 aromatic heterocycles. The highest BCUT2D eigenvalue weighted by Gasteiger charge is 2.47. The van der Waals surface area contributed by atoms with Gasteiger partial charge in [0.2, 0.25) is 10.0 Å². The third-order valence-corrected chi connectivity index (χ3v) is 8.91. The molecule has 1 aliphatic carbocycles. The minimum atomic E-state index is -3.36. The van der Waals surface area contributed by atoms with Gasteiger partial charge in [0.05, 0.1) is 11.9 Å². The van der Waals surface area contributed by atoms with E-state index in [4.69, 9.17) is 4.52 Å². The molecule has 4 aliphatic rings. The largest absolute Gasteiger partial charge is 0.392 e. The molecule has 0 radical (unpaired) electrons. The molecule has 1 amide bonds. The summed E-state index contributed by atoms with van der Waals surface area (Å²) in [5, 5.41) is 16.6. The van der Waals surface area contributed by atoms with E-state index < -0.39 is 10.0 Å². The number of piperidine rings is 1. The highest BCUT2D eigenvalue weighted by atomic mass is 32.2. The summed E-state index contributed by atoms with van der Waals surface area (Å²) in [4.78, 5) is 14.6. The molecule has 2 bridgehead atoms. The van der Waals surface area contributed by atoms with E-state index in [-0.39, 0.29) is 35.9 Å². The Bertz CT molecular complexity index is 885. The van der Waals surface area contributed by atoms with Gasteiger partial charge in [-0.15, -0.1) is 0 Å². The number of hydrogen-bond donors (Lipinski definition) is 2. The molecule has 9 nitrogen and oxygen atoms in total. The molecule has 166 valence electrons. The fourth-order valence-electron chi connectivity index (χ4n) is 5.29. The Morgan fingerprint density at radius 3 is 2.57 bits per heavy atom. The normalized spacial score (nSPS) is 32.6. The second kappa shape index (κ2) is 7.89. The van der Waals surface area contributed by atoms with Gasteiger partial charge in [-0.3, -0.25) is 9.69 Å². The van der Waals surface area contributed by atoms with Crippen molar-refractivity contribution in [2.75, 3.05) is 25.4 Å². The Kier molecular flexibility index (Phi) is 5.37. The Morgan fingerprint density at radius 2 is 1.93 bits per heavy atom. The first-order valence-electron chi connectivity index (χ1n) is 11.1. The maximum atomic E-state index is 13.0. The average molecular weight is 439 g/mol. The topological polar surface area (TPSA) is 116 Å². The van der Waals surface area contributed by atoms with Crippen molar-refractivity contribution in [3.8, 4) is 0 Å². The maximum Gasteiger partial charge on any atom is 0.273 e. The van der Waals surface area contributed by atoms with Gasteiger partial charge in [0.25, 0.3) is 5.91 Å². The number of carbonyl (C=O) groups is 1. The first kappa shape index (κ1) is 20.4. The van der Waals surface area contributed by atoms with Crippen molar-refractivity contribution in [1.82, 2.24) is 19.7 Å². The number of fused-ring (bicyclic) bond motifs is 2. The van der Waals surface area contributed by atoms with E-state index in [0.29, 0.717) is 44.0 Å². The van der Waals surface area contributed by atoms with Crippen molar-refractivity contribution in [1.29, 1.82) is 0 Å². The van der Waals surface area contributed by atoms with Crippen LogP contribution in [0, 0.1) is 0 Å². The molecule has 4 heterocycles. The molecule has 1 aromatic rings. The number of rotatable bonds is 7. The van der Waals surface area contributed by atoms with Crippen LogP contribution in [0.5, 0.6) is 0 Å². The molecular weight excluding hydrogens is 408 g/mol. The van der Waals surface area contributed by atoms with Crippen LogP contribution >= 0.6 is 0 Å². The fraction of sp³-hybridized carbons (Fsp3) is 0.800.